The SMILES string of the molecule is CCCCN(C)CC(=O)Nc1c(N)cc(Cl)cc1Cl. The summed E-state index contributed by atoms with van der Waals surface area (Å²) < 4.78 is 0. The zero-order valence-electron chi connectivity index (χ0n) is 11.2. The molecule has 0 fully saturated rings. The molecular weight excluding hydrogens is 285 g/mol. The molecular formula is C13H19Cl2N3O. The minimum atomic E-state index is -0.144. The molecule has 1 aromatic rings. The summed E-state index contributed by atoms with van der Waals surface area (Å²) in [5.41, 5.74) is 6.56. The van der Waals surface area contributed by atoms with E-state index in [1.165, 1.54) is 0 Å². The lowest BCUT2D eigenvalue weighted by molar-refractivity contribution is -0.117. The van der Waals surface area contributed by atoms with Crippen molar-refractivity contribution in [2.45, 2.75) is 19.8 Å². The summed E-state index contributed by atoms with van der Waals surface area (Å²) in [4.78, 5) is 13.8. The second-order valence-electron chi connectivity index (χ2n) is 4.49. The summed E-state index contributed by atoms with van der Waals surface area (Å²) in [6, 6.07) is 3.11. The molecule has 0 unspecified atom stereocenters. The van der Waals surface area contributed by atoms with Gasteiger partial charge in [0.15, 0.2) is 0 Å². The third kappa shape index (κ3) is 5.27. The fraction of sp³-hybridized carbons (Fsp3) is 0.462. The van der Waals surface area contributed by atoms with Gasteiger partial charge in [-0.25, -0.2) is 0 Å². The molecule has 1 amide bonds. The van der Waals surface area contributed by atoms with Crippen LogP contribution in [0.5, 0.6) is 0 Å². The zero-order chi connectivity index (χ0) is 14.4. The molecule has 0 atom stereocenters. The molecule has 3 N–H and O–H groups in total. The van der Waals surface area contributed by atoms with Crippen molar-refractivity contribution in [1.29, 1.82) is 0 Å². The van der Waals surface area contributed by atoms with Crippen LogP contribution < -0.4 is 11.1 Å². The van der Waals surface area contributed by atoms with Crippen LogP contribution in [0, 0.1) is 0 Å². The van der Waals surface area contributed by atoms with Gasteiger partial charge in [-0.2, -0.15) is 0 Å². The number of anilines is 2. The highest BCUT2D eigenvalue weighted by atomic mass is 35.5. The van der Waals surface area contributed by atoms with Crippen LogP contribution in [-0.2, 0) is 4.79 Å². The highest BCUT2D eigenvalue weighted by molar-refractivity contribution is 6.37. The molecule has 1 rings (SSSR count). The van der Waals surface area contributed by atoms with Crippen molar-refractivity contribution in [3.05, 3.63) is 22.2 Å². The molecule has 0 aromatic heterocycles. The van der Waals surface area contributed by atoms with E-state index in [0.717, 1.165) is 19.4 Å². The Morgan fingerprint density at radius 1 is 1.42 bits per heavy atom. The van der Waals surface area contributed by atoms with Crippen LogP contribution in [0.2, 0.25) is 10.0 Å². The van der Waals surface area contributed by atoms with E-state index < -0.39 is 0 Å². The van der Waals surface area contributed by atoms with Crippen LogP contribution >= 0.6 is 23.2 Å². The number of benzene rings is 1. The van der Waals surface area contributed by atoms with Crippen LogP contribution in [-0.4, -0.2) is 30.9 Å². The van der Waals surface area contributed by atoms with E-state index in [-0.39, 0.29) is 5.91 Å². The van der Waals surface area contributed by atoms with Gasteiger partial charge in [-0.1, -0.05) is 36.5 Å². The summed E-state index contributed by atoms with van der Waals surface area (Å²) in [5, 5.41) is 3.50. The Balaban J connectivity index is 2.62. The average Bonchev–Trinajstić information content (AvgIpc) is 2.31. The molecule has 0 heterocycles. The molecule has 0 bridgehead atoms. The Morgan fingerprint density at radius 2 is 2.11 bits per heavy atom. The Morgan fingerprint density at radius 3 is 2.68 bits per heavy atom. The van der Waals surface area contributed by atoms with E-state index in [0.29, 0.717) is 28.0 Å². The van der Waals surface area contributed by atoms with Crippen LogP contribution in [0.15, 0.2) is 12.1 Å². The number of carbonyl (C=O) groups is 1. The zero-order valence-corrected chi connectivity index (χ0v) is 12.7. The van der Waals surface area contributed by atoms with Crippen molar-refractivity contribution in [3.63, 3.8) is 0 Å². The van der Waals surface area contributed by atoms with Gasteiger partial charge in [-0.15, -0.1) is 0 Å². The third-order valence-corrected chi connectivity index (χ3v) is 3.17. The second-order valence-corrected chi connectivity index (χ2v) is 5.33. The average molecular weight is 304 g/mol. The quantitative estimate of drug-likeness (QED) is 0.793. The fourth-order valence-corrected chi connectivity index (χ4v) is 2.21. The van der Waals surface area contributed by atoms with E-state index >= 15 is 0 Å². The molecule has 0 spiro atoms. The van der Waals surface area contributed by atoms with Crippen LogP contribution in [0.1, 0.15) is 19.8 Å². The Bertz CT molecular complexity index is 429. The van der Waals surface area contributed by atoms with Crippen LogP contribution in [0.25, 0.3) is 0 Å². The highest BCUT2D eigenvalue weighted by Gasteiger charge is 2.12. The molecule has 106 valence electrons. The van der Waals surface area contributed by atoms with Gasteiger partial charge in [0, 0.05) is 5.02 Å². The maximum Gasteiger partial charge on any atom is 0.238 e. The van der Waals surface area contributed by atoms with Crippen molar-refractivity contribution >= 4 is 40.5 Å². The van der Waals surface area contributed by atoms with E-state index in [2.05, 4.69) is 12.2 Å². The third-order valence-electron chi connectivity index (χ3n) is 2.66. The number of hydrogen-bond donors (Lipinski definition) is 2. The Labute approximate surface area is 123 Å². The molecule has 19 heavy (non-hydrogen) atoms. The number of hydrogen-bond acceptors (Lipinski definition) is 3. The number of nitrogens with zero attached hydrogens (tertiary/aromatic N) is 1. The minimum absolute atomic E-state index is 0.144. The number of likely N-dealkylation sites (N-methyl/N-ethyl adjacent to an activating group) is 1. The smallest absolute Gasteiger partial charge is 0.238 e. The molecule has 0 aliphatic rings. The number of nitrogens with one attached hydrogen (secondary N) is 1. The largest absolute Gasteiger partial charge is 0.397 e. The molecule has 6 heteroatoms. The predicted octanol–water partition coefficient (Wildman–Crippen LogP) is 3.25. The summed E-state index contributed by atoms with van der Waals surface area (Å²) >= 11 is 11.8. The Kier molecular flexibility index (Phi) is 6.42. The topological polar surface area (TPSA) is 58.4 Å². The van der Waals surface area contributed by atoms with Gasteiger partial charge in [0.2, 0.25) is 5.91 Å². The van der Waals surface area contributed by atoms with Gasteiger partial charge < -0.3 is 11.1 Å². The normalized spacial score (nSPS) is 10.8. The molecule has 0 saturated heterocycles. The number of nitrogens with two attached hydrogens (primary N) is 1. The fourth-order valence-electron chi connectivity index (χ4n) is 1.66. The van der Waals surface area contributed by atoms with E-state index in [1.807, 2.05) is 11.9 Å². The lowest BCUT2D eigenvalue weighted by Crippen LogP contribution is -2.31. The van der Waals surface area contributed by atoms with Crippen molar-refractivity contribution in [2.24, 2.45) is 0 Å². The summed E-state index contributed by atoms with van der Waals surface area (Å²) in [6.45, 7) is 3.30. The number of unbranched alkanes of at least 4 members (excludes halogenated alkanes) is 1. The molecule has 0 aliphatic heterocycles. The molecule has 0 saturated carbocycles. The molecule has 4 nitrogen and oxygen atoms in total. The van der Waals surface area contributed by atoms with Gasteiger partial charge in [0.1, 0.15) is 0 Å². The van der Waals surface area contributed by atoms with Crippen molar-refractivity contribution < 1.29 is 4.79 Å². The maximum atomic E-state index is 11.9. The summed E-state index contributed by atoms with van der Waals surface area (Å²) in [5.74, 6) is -0.144. The van der Waals surface area contributed by atoms with Gasteiger partial charge in [0.25, 0.3) is 0 Å². The maximum absolute atomic E-state index is 11.9. The first-order valence-corrected chi connectivity index (χ1v) is 6.92. The lowest BCUT2D eigenvalue weighted by Gasteiger charge is -2.17. The second kappa shape index (κ2) is 7.58. The number of nitrogen functional groups attached to an aromatic ring is 1. The van der Waals surface area contributed by atoms with Crippen LogP contribution in [0.3, 0.4) is 0 Å². The van der Waals surface area contributed by atoms with Gasteiger partial charge >= 0.3 is 0 Å². The molecule has 1 aromatic carbocycles. The van der Waals surface area contributed by atoms with Gasteiger partial charge in [-0.05, 0) is 32.1 Å². The van der Waals surface area contributed by atoms with Gasteiger partial charge in [-0.3, -0.25) is 9.69 Å². The first-order chi connectivity index (χ1) is 8.93. The number of carbonyl (C=O) groups excluding carboxylic acids is 1. The minimum Gasteiger partial charge on any atom is -0.397 e. The lowest BCUT2D eigenvalue weighted by atomic mass is 10.2. The summed E-state index contributed by atoms with van der Waals surface area (Å²) in [6.07, 6.45) is 2.16. The predicted molar refractivity (Wildman–Crippen MR) is 81.9 cm³/mol. The van der Waals surface area contributed by atoms with E-state index in [1.54, 1.807) is 12.1 Å². The summed E-state index contributed by atoms with van der Waals surface area (Å²) in [7, 11) is 1.90. The van der Waals surface area contributed by atoms with Crippen LogP contribution in [0.4, 0.5) is 11.4 Å². The van der Waals surface area contributed by atoms with Crippen molar-refractivity contribution in [1.82, 2.24) is 4.90 Å². The highest BCUT2D eigenvalue weighted by Crippen LogP contribution is 2.31. The monoisotopic (exact) mass is 303 g/mol. The van der Waals surface area contributed by atoms with Gasteiger partial charge in [0.05, 0.1) is 22.9 Å². The number of rotatable bonds is 6. The molecule has 0 aliphatic carbocycles. The first kappa shape index (κ1) is 16.1. The van der Waals surface area contributed by atoms with E-state index in [4.69, 9.17) is 28.9 Å². The molecule has 0 radical (unpaired) electrons. The number of halogens is 2. The number of amides is 1. The Hall–Kier alpha value is -0.970. The van der Waals surface area contributed by atoms with E-state index in [9.17, 15) is 4.79 Å². The van der Waals surface area contributed by atoms with Crippen molar-refractivity contribution in [3.8, 4) is 0 Å². The standard InChI is InChI=1S/C13H19Cl2N3O/c1-3-4-5-18(2)8-12(19)17-13-10(15)6-9(14)7-11(13)16/h6-7H,3-5,8,16H2,1-2H3,(H,17,19). The first-order valence-electron chi connectivity index (χ1n) is 6.17. The van der Waals surface area contributed by atoms with Crippen molar-refractivity contribution in [2.75, 3.05) is 31.2 Å².